The van der Waals surface area contributed by atoms with Crippen LogP contribution in [-0.2, 0) is 22.6 Å². The van der Waals surface area contributed by atoms with Crippen molar-refractivity contribution in [3.8, 4) is 5.75 Å². The number of nitrogens with zero attached hydrogens (tertiary/aromatic N) is 3. The van der Waals surface area contributed by atoms with Gasteiger partial charge in [0.1, 0.15) is 28.7 Å². The predicted octanol–water partition coefficient (Wildman–Crippen LogP) is 0.396. The highest BCUT2D eigenvalue weighted by atomic mass is 19.1. The normalized spacial score (nSPS) is 30.7. The van der Waals surface area contributed by atoms with E-state index < -0.39 is 69.6 Å². The number of nitrogens with two attached hydrogens (primary N) is 1. The molecule has 0 aromatic heterocycles. The summed E-state index contributed by atoms with van der Waals surface area (Å²) < 4.78 is 16.0. The number of aliphatic hydroxyl groups excluding tert-OH is 2. The number of primary amides is 1. The molecule has 4 aliphatic rings. The fraction of sp³-hybridized carbons (Fsp3) is 0.536. The number of carbonyl (C=O) groups is 3. The van der Waals surface area contributed by atoms with Crippen LogP contribution in [0.3, 0.4) is 0 Å². The Balaban J connectivity index is 1.58. The highest BCUT2D eigenvalue weighted by Crippen LogP contribution is 2.52. The number of phenols is 1. The molecule has 1 aromatic rings. The largest absolute Gasteiger partial charge is 0.510 e. The maximum absolute atomic E-state index is 16.0. The quantitative estimate of drug-likeness (QED) is 0.319. The third-order valence-electron chi connectivity index (χ3n) is 9.10. The fourth-order valence-corrected chi connectivity index (χ4v) is 7.09. The van der Waals surface area contributed by atoms with E-state index in [9.17, 15) is 34.8 Å². The van der Waals surface area contributed by atoms with Crippen LogP contribution in [0.25, 0.3) is 0 Å². The smallest absolute Gasteiger partial charge is 0.255 e. The summed E-state index contributed by atoms with van der Waals surface area (Å²) in [5, 5.41) is 44.7. The molecule has 40 heavy (non-hydrogen) atoms. The molecule has 1 fully saturated rings. The highest BCUT2D eigenvalue weighted by molar-refractivity contribution is 6.24. The lowest BCUT2D eigenvalue weighted by Gasteiger charge is -2.50. The van der Waals surface area contributed by atoms with E-state index in [1.165, 1.54) is 11.0 Å². The van der Waals surface area contributed by atoms with Crippen molar-refractivity contribution in [3.05, 3.63) is 51.2 Å². The molecule has 0 bridgehead atoms. The first kappa shape index (κ1) is 28.2. The fourth-order valence-electron chi connectivity index (χ4n) is 7.09. The number of benzene rings is 1. The van der Waals surface area contributed by atoms with Gasteiger partial charge in [0.15, 0.2) is 11.4 Å². The number of hydrogen-bond acceptors (Lipinski definition) is 10. The van der Waals surface area contributed by atoms with Crippen LogP contribution in [0.5, 0.6) is 5.75 Å². The molecule has 0 spiro atoms. The number of likely N-dealkylation sites (N-methyl/N-ethyl adjacent to an activating group) is 2. The number of phenolic OH excluding ortho intramolecular Hbond substituents is 1. The molecule has 5 rings (SSSR count). The van der Waals surface area contributed by atoms with Crippen LogP contribution in [0.2, 0.25) is 0 Å². The number of aliphatic hydroxyl groups is 3. The molecule has 1 aromatic carbocycles. The summed E-state index contributed by atoms with van der Waals surface area (Å²) in [6, 6.07) is 0.443. The van der Waals surface area contributed by atoms with Crippen LogP contribution >= 0.6 is 0 Å². The Bertz CT molecular complexity index is 1390. The molecule has 12 heteroatoms. The molecular formula is C28H35FN4O7. The number of halogens is 1. The number of fused-ring (bicyclic) bond motifs is 3. The van der Waals surface area contributed by atoms with E-state index in [4.69, 9.17) is 5.73 Å². The number of Topliss-reactive ketones (excluding diaryl/α,β-unsaturated/α-hetero) is 2. The van der Waals surface area contributed by atoms with Crippen molar-refractivity contribution in [1.82, 2.24) is 14.7 Å². The van der Waals surface area contributed by atoms with Crippen molar-refractivity contribution in [3.63, 3.8) is 0 Å². The van der Waals surface area contributed by atoms with Crippen LogP contribution < -0.4 is 5.73 Å². The minimum atomic E-state index is -2.72. The summed E-state index contributed by atoms with van der Waals surface area (Å²) in [5.74, 6) is -8.17. The van der Waals surface area contributed by atoms with Crippen molar-refractivity contribution in [1.29, 1.82) is 0 Å². The monoisotopic (exact) mass is 558 g/mol. The van der Waals surface area contributed by atoms with E-state index in [-0.39, 0.29) is 41.6 Å². The van der Waals surface area contributed by atoms with Crippen LogP contribution in [0, 0.1) is 17.7 Å². The van der Waals surface area contributed by atoms with E-state index in [1.807, 2.05) is 14.1 Å². The number of amides is 1. The highest BCUT2D eigenvalue weighted by Gasteiger charge is 2.63. The van der Waals surface area contributed by atoms with Crippen molar-refractivity contribution in [2.45, 2.75) is 43.5 Å². The second-order valence-electron chi connectivity index (χ2n) is 11.8. The Morgan fingerprint density at radius 1 is 1.18 bits per heavy atom. The van der Waals surface area contributed by atoms with Crippen molar-refractivity contribution in [2.75, 3.05) is 41.3 Å². The zero-order valence-electron chi connectivity index (χ0n) is 22.9. The molecule has 1 saturated heterocycles. The summed E-state index contributed by atoms with van der Waals surface area (Å²) in [5.41, 5.74) is 1.37. The van der Waals surface area contributed by atoms with Gasteiger partial charge in [-0.2, -0.15) is 0 Å². The molecule has 1 heterocycles. The van der Waals surface area contributed by atoms with Crippen molar-refractivity contribution in [2.24, 2.45) is 17.6 Å². The molecule has 3 aliphatic carbocycles. The average Bonchev–Trinajstić information content (AvgIpc) is 3.33. The molecule has 11 nitrogen and oxygen atoms in total. The molecule has 216 valence electrons. The van der Waals surface area contributed by atoms with Gasteiger partial charge in [-0.05, 0) is 59.4 Å². The Labute approximate surface area is 231 Å². The second kappa shape index (κ2) is 9.65. The summed E-state index contributed by atoms with van der Waals surface area (Å²) in [6.45, 7) is 1.74. The predicted molar refractivity (Wildman–Crippen MR) is 141 cm³/mol. The summed E-state index contributed by atoms with van der Waals surface area (Å²) >= 11 is 0. The van der Waals surface area contributed by atoms with E-state index in [0.717, 1.165) is 19.5 Å². The SMILES string of the molecule is CN(C)[C@H]1CCN(Cc2cc(O)c3c(c2F)C[C@H]2C[C@H]4[C@H](N(C)C)C(O)=C(C(N)=O)C(=O)[C@@]4(O)C(O)=C2C3=O)C1. The van der Waals surface area contributed by atoms with E-state index in [0.29, 0.717) is 6.04 Å². The Kier molecular flexibility index (Phi) is 6.81. The number of hydrogen-bond donors (Lipinski definition) is 5. The standard InChI is InChI=1S/C28H35FN4O7/c1-31(2)14-5-6-33(11-14)10-13-9-17(34)19-15(21(13)29)7-12-8-16-22(32(3)4)24(36)20(27(30)39)26(38)28(16,40)25(37)18(12)23(19)35/h9,12,14,16,22,34,36-37,40H,5-8,10-11H2,1-4H3,(H2,30,39)/t12-,14-,16-,22-,28-/m0/s1. The van der Waals surface area contributed by atoms with Gasteiger partial charge in [0.25, 0.3) is 5.91 Å². The first-order valence-electron chi connectivity index (χ1n) is 13.3. The molecule has 1 aliphatic heterocycles. The molecule has 1 amide bonds. The third-order valence-corrected chi connectivity index (χ3v) is 9.10. The Morgan fingerprint density at radius 3 is 2.42 bits per heavy atom. The lowest BCUT2D eigenvalue weighted by Crippen LogP contribution is -2.63. The van der Waals surface area contributed by atoms with Crippen molar-refractivity contribution < 1.29 is 39.2 Å². The van der Waals surface area contributed by atoms with Crippen LogP contribution in [-0.4, -0.2) is 112 Å². The topological polar surface area (TPSA) is 168 Å². The number of allylic oxidation sites excluding steroid dienone is 1. The maximum atomic E-state index is 16.0. The third kappa shape index (κ3) is 3.96. The van der Waals surface area contributed by atoms with E-state index >= 15 is 4.39 Å². The van der Waals surface area contributed by atoms with Gasteiger partial charge >= 0.3 is 0 Å². The van der Waals surface area contributed by atoms with Crippen LogP contribution in [0.4, 0.5) is 4.39 Å². The molecule has 0 saturated carbocycles. The Morgan fingerprint density at radius 2 is 1.85 bits per heavy atom. The zero-order valence-corrected chi connectivity index (χ0v) is 22.9. The lowest BCUT2D eigenvalue weighted by molar-refractivity contribution is -0.148. The van der Waals surface area contributed by atoms with Gasteiger partial charge in [-0.3, -0.25) is 24.2 Å². The number of aromatic hydroxyl groups is 1. The number of ketones is 2. The molecular weight excluding hydrogens is 523 g/mol. The zero-order chi connectivity index (χ0) is 29.4. The van der Waals surface area contributed by atoms with Gasteiger partial charge in [-0.15, -0.1) is 0 Å². The van der Waals surface area contributed by atoms with Gasteiger partial charge in [0.05, 0.1) is 11.6 Å². The van der Waals surface area contributed by atoms with Gasteiger partial charge in [-0.1, -0.05) is 0 Å². The van der Waals surface area contributed by atoms with Gasteiger partial charge in [-0.25, -0.2) is 4.39 Å². The first-order chi connectivity index (χ1) is 18.7. The summed E-state index contributed by atoms with van der Waals surface area (Å²) in [4.78, 5) is 44.7. The first-order valence-corrected chi connectivity index (χ1v) is 13.3. The summed E-state index contributed by atoms with van der Waals surface area (Å²) in [7, 11) is 7.08. The van der Waals surface area contributed by atoms with Crippen LogP contribution in [0.1, 0.15) is 34.3 Å². The van der Waals surface area contributed by atoms with Crippen molar-refractivity contribution >= 4 is 17.5 Å². The maximum Gasteiger partial charge on any atom is 0.255 e. The lowest BCUT2D eigenvalue weighted by atomic mass is 9.58. The minimum absolute atomic E-state index is 0.0106. The minimum Gasteiger partial charge on any atom is -0.510 e. The van der Waals surface area contributed by atoms with Gasteiger partial charge < -0.3 is 31.1 Å². The van der Waals surface area contributed by atoms with Crippen LogP contribution in [0.15, 0.2) is 28.7 Å². The Hall–Kier alpha value is -3.32. The van der Waals surface area contributed by atoms with Gasteiger partial charge in [0, 0.05) is 48.3 Å². The molecule has 0 unspecified atom stereocenters. The number of rotatable bonds is 5. The molecule has 5 atom stereocenters. The second-order valence-corrected chi connectivity index (χ2v) is 11.8. The number of likely N-dealkylation sites (tertiary alicyclic amines) is 1. The molecule has 0 radical (unpaired) electrons. The average molecular weight is 559 g/mol. The summed E-state index contributed by atoms with van der Waals surface area (Å²) in [6.07, 6.45) is 0.753. The van der Waals surface area contributed by atoms with E-state index in [1.54, 1.807) is 14.1 Å². The van der Waals surface area contributed by atoms with E-state index in [2.05, 4.69) is 9.80 Å². The molecule has 6 N–H and O–H groups in total. The number of carbonyl (C=O) groups excluding carboxylic acids is 3. The van der Waals surface area contributed by atoms with Gasteiger partial charge in [0.2, 0.25) is 5.78 Å².